The summed E-state index contributed by atoms with van der Waals surface area (Å²) >= 11 is 6.01. The molecule has 5 nitrogen and oxygen atoms in total. The van der Waals surface area contributed by atoms with Crippen molar-refractivity contribution in [2.75, 3.05) is 10.6 Å². The fourth-order valence-corrected chi connectivity index (χ4v) is 2.35. The number of ether oxygens (including phenoxy) is 1. The molecule has 0 aromatic heterocycles. The molecule has 0 radical (unpaired) electrons. The van der Waals surface area contributed by atoms with Gasteiger partial charge in [0, 0.05) is 16.4 Å². The predicted molar refractivity (Wildman–Crippen MR) is 100 cm³/mol. The van der Waals surface area contributed by atoms with Crippen molar-refractivity contribution >= 4 is 34.8 Å². The highest BCUT2D eigenvalue weighted by Crippen LogP contribution is 2.23. The average molecular weight is 361 g/mol. The Bertz CT molecular complexity index is 758. The van der Waals surface area contributed by atoms with Crippen molar-refractivity contribution in [3.8, 4) is 5.75 Å². The summed E-state index contributed by atoms with van der Waals surface area (Å²) in [6.45, 7) is 5.69. The Hall–Kier alpha value is -2.53. The minimum Gasteiger partial charge on any atom is -0.491 e. The topological polar surface area (TPSA) is 67.4 Å². The average Bonchev–Trinajstić information content (AvgIpc) is 2.53. The second-order valence-electron chi connectivity index (χ2n) is 5.88. The van der Waals surface area contributed by atoms with Crippen LogP contribution in [0.4, 0.5) is 11.4 Å². The Kier molecular flexibility index (Phi) is 6.42. The lowest BCUT2D eigenvalue weighted by Crippen LogP contribution is -2.21. The van der Waals surface area contributed by atoms with Crippen LogP contribution in [0.1, 0.15) is 25.8 Å². The number of hydrogen-bond donors (Lipinski definition) is 2. The van der Waals surface area contributed by atoms with E-state index in [1.165, 1.54) is 0 Å². The van der Waals surface area contributed by atoms with Crippen LogP contribution in [-0.4, -0.2) is 17.9 Å². The van der Waals surface area contributed by atoms with Gasteiger partial charge in [0.1, 0.15) is 12.2 Å². The van der Waals surface area contributed by atoms with E-state index in [1.54, 1.807) is 49.4 Å². The first-order valence-electron chi connectivity index (χ1n) is 7.96. The zero-order valence-corrected chi connectivity index (χ0v) is 15.2. The van der Waals surface area contributed by atoms with Gasteiger partial charge in [0.25, 0.3) is 0 Å². The quantitative estimate of drug-likeness (QED) is 0.750. The van der Waals surface area contributed by atoms with Crippen LogP contribution in [0.15, 0.2) is 42.5 Å². The Morgan fingerprint density at radius 2 is 1.68 bits per heavy atom. The number of hydrogen-bond acceptors (Lipinski definition) is 3. The van der Waals surface area contributed by atoms with Crippen molar-refractivity contribution in [2.45, 2.75) is 33.3 Å². The zero-order chi connectivity index (χ0) is 18.4. The van der Waals surface area contributed by atoms with Crippen molar-refractivity contribution in [1.82, 2.24) is 0 Å². The molecular weight excluding hydrogens is 340 g/mol. The Balaban J connectivity index is 1.89. The van der Waals surface area contributed by atoms with Crippen molar-refractivity contribution in [3.63, 3.8) is 0 Å². The maximum absolute atomic E-state index is 12.0. The van der Waals surface area contributed by atoms with Crippen LogP contribution in [-0.2, 0) is 9.59 Å². The monoisotopic (exact) mass is 360 g/mol. The molecular formula is C19H21ClN2O3. The molecule has 6 heteroatoms. The number of halogens is 1. The maximum Gasteiger partial charge on any atom is 0.233 e. The molecule has 0 aliphatic heterocycles. The highest BCUT2D eigenvalue weighted by atomic mass is 35.5. The molecule has 2 N–H and O–H groups in total. The summed E-state index contributed by atoms with van der Waals surface area (Å²) in [7, 11) is 0. The van der Waals surface area contributed by atoms with Crippen LogP contribution in [0.3, 0.4) is 0 Å². The maximum atomic E-state index is 12.0. The molecule has 0 spiro atoms. The van der Waals surface area contributed by atoms with E-state index in [9.17, 15) is 9.59 Å². The first-order chi connectivity index (χ1) is 11.8. The summed E-state index contributed by atoms with van der Waals surface area (Å²) in [6.07, 6.45) is -0.199. The molecule has 0 unspecified atom stereocenters. The van der Waals surface area contributed by atoms with Crippen LogP contribution in [0.5, 0.6) is 5.75 Å². The van der Waals surface area contributed by atoms with Gasteiger partial charge in [-0.25, -0.2) is 0 Å². The Labute approximate surface area is 152 Å². The summed E-state index contributed by atoms with van der Waals surface area (Å²) in [5.41, 5.74) is 1.96. The van der Waals surface area contributed by atoms with Gasteiger partial charge in [-0.3, -0.25) is 9.59 Å². The molecule has 2 rings (SSSR count). The lowest BCUT2D eigenvalue weighted by Gasteiger charge is -2.11. The predicted octanol–water partition coefficient (Wildman–Crippen LogP) is 4.40. The van der Waals surface area contributed by atoms with Crippen LogP contribution < -0.4 is 15.4 Å². The number of carbonyl (C=O) groups is 2. The van der Waals surface area contributed by atoms with Gasteiger partial charge in [0.2, 0.25) is 11.8 Å². The molecule has 0 atom stereocenters. The van der Waals surface area contributed by atoms with E-state index in [2.05, 4.69) is 10.6 Å². The number of benzene rings is 2. The smallest absolute Gasteiger partial charge is 0.233 e. The number of carbonyl (C=O) groups excluding carboxylic acids is 2. The molecule has 132 valence electrons. The largest absolute Gasteiger partial charge is 0.491 e. The summed E-state index contributed by atoms with van der Waals surface area (Å²) in [5.74, 6) is -0.0699. The van der Waals surface area contributed by atoms with Crippen molar-refractivity contribution in [1.29, 1.82) is 0 Å². The molecule has 0 aliphatic carbocycles. The second kappa shape index (κ2) is 8.53. The molecule has 2 amide bonds. The van der Waals surface area contributed by atoms with Gasteiger partial charge < -0.3 is 15.4 Å². The molecule has 0 aliphatic rings. The van der Waals surface area contributed by atoms with Crippen LogP contribution in [0, 0.1) is 6.92 Å². The van der Waals surface area contributed by atoms with E-state index in [-0.39, 0.29) is 12.5 Å². The first kappa shape index (κ1) is 18.8. The Morgan fingerprint density at radius 3 is 2.32 bits per heavy atom. The fourth-order valence-electron chi connectivity index (χ4n) is 2.18. The number of rotatable bonds is 6. The van der Waals surface area contributed by atoms with E-state index < -0.39 is 11.8 Å². The number of anilines is 2. The molecule has 0 bridgehead atoms. The third-order valence-electron chi connectivity index (χ3n) is 3.37. The number of nitrogens with one attached hydrogen (secondary N) is 2. The summed E-state index contributed by atoms with van der Waals surface area (Å²) in [5, 5.41) is 5.94. The van der Waals surface area contributed by atoms with Gasteiger partial charge >= 0.3 is 0 Å². The molecule has 2 aromatic carbocycles. The summed E-state index contributed by atoms with van der Waals surface area (Å²) in [4.78, 5) is 24.0. The molecule has 0 fully saturated rings. The van der Waals surface area contributed by atoms with Gasteiger partial charge in [-0.15, -0.1) is 0 Å². The van der Waals surface area contributed by atoms with Gasteiger partial charge in [0.15, 0.2) is 0 Å². The normalized spacial score (nSPS) is 10.4. The van der Waals surface area contributed by atoms with E-state index in [1.807, 2.05) is 13.8 Å². The lowest BCUT2D eigenvalue weighted by atomic mass is 10.2. The van der Waals surface area contributed by atoms with E-state index in [4.69, 9.17) is 16.3 Å². The lowest BCUT2D eigenvalue weighted by molar-refractivity contribution is -0.123. The van der Waals surface area contributed by atoms with Crippen molar-refractivity contribution in [2.24, 2.45) is 0 Å². The number of amides is 2. The van der Waals surface area contributed by atoms with Crippen molar-refractivity contribution < 1.29 is 14.3 Å². The van der Waals surface area contributed by atoms with Crippen molar-refractivity contribution in [3.05, 3.63) is 53.1 Å². The highest BCUT2D eigenvalue weighted by Gasteiger charge is 2.12. The second-order valence-corrected chi connectivity index (χ2v) is 6.28. The molecule has 0 saturated heterocycles. The minimum atomic E-state index is -0.400. The summed E-state index contributed by atoms with van der Waals surface area (Å²) in [6, 6.07) is 12.2. The van der Waals surface area contributed by atoms with E-state index in [0.717, 1.165) is 11.3 Å². The minimum absolute atomic E-state index is 0.0825. The highest BCUT2D eigenvalue weighted by molar-refractivity contribution is 6.31. The first-order valence-corrected chi connectivity index (χ1v) is 8.34. The molecule has 0 saturated carbocycles. The molecule has 2 aromatic rings. The standard InChI is InChI=1S/C19H21ClN2O3/c1-12(2)25-15-9-7-14(8-10-15)21-18(23)11-19(24)22-17-6-4-5-16(20)13(17)3/h4-10,12H,11H2,1-3H3,(H,21,23)(H,22,24). The zero-order valence-electron chi connectivity index (χ0n) is 14.4. The summed E-state index contributed by atoms with van der Waals surface area (Å²) < 4.78 is 5.54. The third-order valence-corrected chi connectivity index (χ3v) is 3.78. The van der Waals surface area contributed by atoms with Gasteiger partial charge in [0.05, 0.1) is 6.10 Å². The van der Waals surface area contributed by atoms with Gasteiger partial charge in [-0.05, 0) is 62.7 Å². The fraction of sp³-hybridized carbons (Fsp3) is 0.263. The van der Waals surface area contributed by atoms with E-state index >= 15 is 0 Å². The van der Waals surface area contributed by atoms with E-state index in [0.29, 0.717) is 16.4 Å². The van der Waals surface area contributed by atoms with Gasteiger partial charge in [-0.2, -0.15) is 0 Å². The SMILES string of the molecule is Cc1c(Cl)cccc1NC(=O)CC(=O)Nc1ccc(OC(C)C)cc1. The Morgan fingerprint density at radius 1 is 1.04 bits per heavy atom. The van der Waals surface area contributed by atoms with Crippen LogP contribution in [0.2, 0.25) is 5.02 Å². The van der Waals surface area contributed by atoms with Crippen LogP contribution in [0.25, 0.3) is 0 Å². The molecule has 25 heavy (non-hydrogen) atoms. The van der Waals surface area contributed by atoms with Gasteiger partial charge in [-0.1, -0.05) is 17.7 Å². The third kappa shape index (κ3) is 5.80. The molecule has 0 heterocycles. The van der Waals surface area contributed by atoms with Crippen LogP contribution >= 0.6 is 11.6 Å².